The average molecular weight is 1070 g/mol. The van der Waals surface area contributed by atoms with E-state index in [-0.39, 0.29) is 186 Å². The molecule has 0 aliphatic carbocycles. The molecule has 21 nitrogen and oxygen atoms in total. The first-order valence-electron chi connectivity index (χ1n) is 15.0. The van der Waals surface area contributed by atoms with Gasteiger partial charge in [-0.25, -0.2) is 33.7 Å². The number of nitrogens with two attached hydrogens (primary N) is 1. The van der Waals surface area contributed by atoms with Gasteiger partial charge in [-0.3, -0.25) is 0 Å². The summed E-state index contributed by atoms with van der Waals surface area (Å²) in [5.41, 5.74) is 2.89. The maximum atomic E-state index is 13.2. The summed E-state index contributed by atoms with van der Waals surface area (Å²) in [6.45, 7) is 0. The molecule has 6 aromatic rings. The van der Waals surface area contributed by atoms with Crippen molar-refractivity contribution in [1.82, 2.24) is 0 Å². The number of rotatable bonds is 9. The van der Waals surface area contributed by atoms with Crippen molar-refractivity contribution in [3.05, 3.63) is 78.9 Å². The van der Waals surface area contributed by atoms with Gasteiger partial charge in [0.05, 0.1) is 43.1 Å². The smallest absolute Gasteiger partial charge is 0.871 e. The minimum Gasteiger partial charge on any atom is -0.871 e. The van der Waals surface area contributed by atoms with Gasteiger partial charge in [-0.1, -0.05) is 59.4 Å². The molecule has 0 aliphatic heterocycles. The second kappa shape index (κ2) is 23.1. The predicted octanol–water partition coefficient (Wildman–Crippen LogP) is -10.0. The zero-order valence-electron chi connectivity index (χ0n) is 32.1. The van der Waals surface area contributed by atoms with Crippen LogP contribution in [0.4, 0.5) is 28.4 Å². The summed E-state index contributed by atoms with van der Waals surface area (Å²) in [5.74, 6) is -4.31. The Morgan fingerprint density at radius 3 is 1.35 bits per heavy atom. The molecule has 2 N–H and O–H groups in total. The van der Waals surface area contributed by atoms with Crippen LogP contribution in [0.1, 0.15) is 0 Å². The predicted molar refractivity (Wildman–Crippen MR) is 182 cm³/mol. The Balaban J connectivity index is 0.00000641. The Hall–Kier alpha value is -1.28. The van der Waals surface area contributed by atoms with Crippen molar-refractivity contribution in [2.75, 3.05) is 5.73 Å². The molecule has 0 spiro atoms. The van der Waals surface area contributed by atoms with E-state index in [1.807, 2.05) is 0 Å². The van der Waals surface area contributed by atoms with E-state index in [1.165, 1.54) is 12.1 Å². The van der Waals surface area contributed by atoms with Crippen molar-refractivity contribution in [3.8, 4) is 34.1 Å². The quantitative estimate of drug-likeness (QED) is 0.0608. The molecular formula is C32H15Cu2N5Na4O16S4. The fraction of sp³-hybridized carbons (Fsp3) is 0. The van der Waals surface area contributed by atoms with Gasteiger partial charge < -0.3 is 44.4 Å². The molecule has 0 unspecified atom stereocenters. The van der Waals surface area contributed by atoms with Gasteiger partial charge >= 0.3 is 152 Å². The SMILES string of the molecule is Nc1c(S(=O)(=O)[O-])cc(S(=O)(=O)[O-])c2ccc(N=Nc3ccc(-c4ccc(N=Nc5c([O-])c(S(=O)(=O)[O-])cc6cc(S(=O)(=O)[O-])ccc56)c([O-])c4)cc3[O-])c([O-])c12.[Cu+2].[Cu+2].[Na+].[Na+].[Na+].[Na+]. The van der Waals surface area contributed by atoms with Gasteiger partial charge in [0.25, 0.3) is 0 Å². The molecule has 0 fully saturated rings. The first-order valence-corrected chi connectivity index (χ1v) is 20.6. The molecule has 6 aromatic carbocycles. The molecule has 0 amide bonds. The minimum absolute atomic E-state index is 0. The second-order valence-corrected chi connectivity index (χ2v) is 17.1. The van der Waals surface area contributed by atoms with Crippen LogP contribution >= 0.6 is 0 Å². The Morgan fingerprint density at radius 2 is 0.889 bits per heavy atom. The summed E-state index contributed by atoms with van der Waals surface area (Å²) in [5, 5.41) is 64.7. The van der Waals surface area contributed by atoms with E-state index in [0.29, 0.717) is 6.07 Å². The van der Waals surface area contributed by atoms with E-state index < -0.39 is 117 Å². The van der Waals surface area contributed by atoms with Crippen LogP contribution in [-0.4, -0.2) is 51.9 Å². The monoisotopic (exact) mass is 1070 g/mol. The summed E-state index contributed by atoms with van der Waals surface area (Å²) >= 11 is 0. The fourth-order valence-electron chi connectivity index (χ4n) is 5.46. The van der Waals surface area contributed by atoms with Crippen molar-refractivity contribution in [3.63, 3.8) is 0 Å². The van der Waals surface area contributed by atoms with E-state index in [4.69, 9.17) is 5.73 Å². The Bertz CT molecular complexity index is 3280. The average Bonchev–Trinajstić information content (AvgIpc) is 3.09. The first-order chi connectivity index (χ1) is 26.4. The third kappa shape index (κ3) is 13.5. The van der Waals surface area contributed by atoms with E-state index in [2.05, 4.69) is 20.5 Å². The number of nitrogen functional groups attached to an aromatic ring is 1. The number of hydrogen-bond donors (Lipinski definition) is 1. The molecule has 31 heteroatoms. The number of nitrogens with zero attached hydrogens (tertiary/aromatic N) is 4. The van der Waals surface area contributed by atoms with Crippen LogP contribution in [-0.2, 0) is 74.6 Å². The molecule has 2 radical (unpaired) electrons. The van der Waals surface area contributed by atoms with Gasteiger partial charge in [0.1, 0.15) is 40.5 Å². The van der Waals surface area contributed by atoms with Crippen LogP contribution in [0.25, 0.3) is 32.7 Å². The molecule has 0 aliphatic rings. The van der Waals surface area contributed by atoms with Crippen molar-refractivity contribution >= 4 is 90.5 Å². The summed E-state index contributed by atoms with van der Waals surface area (Å²) in [6, 6.07) is 12.0. The van der Waals surface area contributed by atoms with Gasteiger partial charge in [0, 0.05) is 21.1 Å². The second-order valence-electron chi connectivity index (χ2n) is 11.6. The summed E-state index contributed by atoms with van der Waals surface area (Å²) < 4.78 is 140. The van der Waals surface area contributed by atoms with Crippen LogP contribution in [0.2, 0.25) is 0 Å². The molecule has 0 bridgehead atoms. The minimum atomic E-state index is -5.47. The van der Waals surface area contributed by atoms with Crippen LogP contribution in [0.3, 0.4) is 0 Å². The molecule has 6 rings (SSSR count). The van der Waals surface area contributed by atoms with E-state index in [0.717, 1.165) is 54.6 Å². The largest absolute Gasteiger partial charge is 2.00 e. The van der Waals surface area contributed by atoms with Gasteiger partial charge in [-0.2, -0.15) is 20.5 Å². The zero-order valence-corrected chi connectivity index (χ0v) is 45.3. The van der Waals surface area contributed by atoms with Crippen LogP contribution < -0.4 is 144 Å². The van der Waals surface area contributed by atoms with E-state index >= 15 is 0 Å². The van der Waals surface area contributed by atoms with Gasteiger partial charge in [-0.05, 0) is 59.0 Å². The van der Waals surface area contributed by atoms with E-state index in [1.54, 1.807) is 0 Å². The van der Waals surface area contributed by atoms with Crippen molar-refractivity contribution in [2.45, 2.75) is 19.6 Å². The molecule has 0 saturated carbocycles. The van der Waals surface area contributed by atoms with Crippen LogP contribution in [0.15, 0.2) is 119 Å². The summed E-state index contributed by atoms with van der Waals surface area (Å²) in [7, 11) is -21.4. The van der Waals surface area contributed by atoms with Crippen molar-refractivity contribution in [2.24, 2.45) is 20.5 Å². The third-order valence-corrected chi connectivity index (χ3v) is 11.5. The van der Waals surface area contributed by atoms with Crippen molar-refractivity contribution in [1.29, 1.82) is 0 Å². The Kier molecular flexibility index (Phi) is 22.7. The van der Waals surface area contributed by atoms with Gasteiger partial charge in [0.15, 0.2) is 0 Å². The molecule has 0 heterocycles. The van der Waals surface area contributed by atoms with Gasteiger partial charge in [0.2, 0.25) is 0 Å². The number of azo groups is 2. The standard InChI is InChI=1S/C32H23N5O16S4.2Cu.4Na/c33-29-26(56(48,49)50)13-25(55(45,46)47)19-5-8-22(31(40)28(19)29)36-34-20-6-1-14(10-23(20)38)15-2-7-21(24(39)11-15)35-37-30-18-4-3-17(54(42,43)44)9-16(18)12-27(32(30)41)57(51,52)53;;;;;;/h1-13,38-41H,33H2,(H,42,43,44)(H,45,46,47)(H,48,49,50)(H,51,52,53);;;;;;/q;2*+2;4*+1/p-8. The molecule has 0 aromatic heterocycles. The Labute approximate surface area is 467 Å². The number of benzene rings is 6. The molecule has 0 atom stereocenters. The molecular weight excluding hydrogens is 1060 g/mol. The zero-order chi connectivity index (χ0) is 42.0. The van der Waals surface area contributed by atoms with Crippen molar-refractivity contribution < 1.29 is 225 Å². The van der Waals surface area contributed by atoms with Crippen LogP contribution in [0, 0.1) is 0 Å². The fourth-order valence-corrected chi connectivity index (χ4v) is 7.97. The summed E-state index contributed by atoms with van der Waals surface area (Å²) in [4.78, 5) is -4.67. The number of fused-ring (bicyclic) bond motifs is 2. The summed E-state index contributed by atoms with van der Waals surface area (Å²) in [6.07, 6.45) is 0. The number of hydrogen-bond acceptors (Lipinski definition) is 21. The van der Waals surface area contributed by atoms with Gasteiger partial charge in [-0.15, -0.1) is 0 Å². The molecule has 63 heavy (non-hydrogen) atoms. The molecule has 314 valence electrons. The normalized spacial score (nSPS) is 11.7. The molecule has 0 saturated heterocycles. The number of anilines is 1. The Morgan fingerprint density at radius 1 is 0.444 bits per heavy atom. The first kappa shape index (κ1) is 61.7. The maximum absolute atomic E-state index is 13.2. The third-order valence-electron chi connectivity index (χ3n) is 8.08. The van der Waals surface area contributed by atoms with E-state index in [9.17, 15) is 72.3 Å². The van der Waals surface area contributed by atoms with Crippen LogP contribution in [0.5, 0.6) is 23.0 Å². The maximum Gasteiger partial charge on any atom is 2.00 e. The topological polar surface area (TPSA) is 396 Å².